The second-order valence-corrected chi connectivity index (χ2v) is 7.60. The van der Waals surface area contributed by atoms with Crippen molar-refractivity contribution in [3.8, 4) is 0 Å². The van der Waals surface area contributed by atoms with Gasteiger partial charge in [0.2, 0.25) is 10.0 Å². The third kappa shape index (κ3) is 4.51. The fraction of sp³-hybridized carbons (Fsp3) is 0.533. The molecule has 2 N–H and O–H groups in total. The van der Waals surface area contributed by atoms with Crippen LogP contribution in [0, 0.1) is 18.7 Å². The van der Waals surface area contributed by atoms with Gasteiger partial charge in [-0.1, -0.05) is 12.1 Å². The summed E-state index contributed by atoms with van der Waals surface area (Å²) in [5.74, 6) is -1.90. The van der Waals surface area contributed by atoms with E-state index < -0.39 is 21.8 Å². The summed E-state index contributed by atoms with van der Waals surface area (Å²) in [6.45, 7) is 1.62. The third-order valence-corrected chi connectivity index (χ3v) is 5.42. The molecule has 0 unspecified atom stereocenters. The highest BCUT2D eigenvalue weighted by molar-refractivity contribution is 7.88. The van der Waals surface area contributed by atoms with E-state index in [1.54, 1.807) is 19.1 Å². The molecule has 1 fully saturated rings. The number of benzene rings is 1. The minimum Gasteiger partial charge on any atom is -0.481 e. The molecule has 7 heteroatoms. The molecule has 1 aromatic rings. The van der Waals surface area contributed by atoms with Gasteiger partial charge in [-0.05, 0) is 49.8 Å². The number of carboxylic acid groups (broad SMARTS) is 1. The number of hydrogen-bond acceptors (Lipinski definition) is 3. The number of rotatable bonds is 5. The average molecular weight is 329 g/mol. The number of aryl methyl sites for hydroxylation is 1. The van der Waals surface area contributed by atoms with Gasteiger partial charge < -0.3 is 5.11 Å². The van der Waals surface area contributed by atoms with Crippen molar-refractivity contribution >= 4 is 16.0 Å². The Morgan fingerprint density at radius 2 is 1.95 bits per heavy atom. The van der Waals surface area contributed by atoms with Crippen molar-refractivity contribution in [2.75, 3.05) is 0 Å². The van der Waals surface area contributed by atoms with Crippen molar-refractivity contribution in [3.63, 3.8) is 0 Å². The van der Waals surface area contributed by atoms with Gasteiger partial charge in [-0.2, -0.15) is 0 Å². The summed E-state index contributed by atoms with van der Waals surface area (Å²) < 4.78 is 40.3. The molecule has 0 aromatic heterocycles. The van der Waals surface area contributed by atoms with Gasteiger partial charge in [-0.3, -0.25) is 4.79 Å². The van der Waals surface area contributed by atoms with Crippen LogP contribution in [-0.2, 0) is 20.6 Å². The number of hydrogen-bond donors (Lipinski definition) is 2. The number of sulfonamides is 1. The van der Waals surface area contributed by atoms with Crippen LogP contribution in [0.15, 0.2) is 18.2 Å². The van der Waals surface area contributed by atoms with Gasteiger partial charge >= 0.3 is 5.97 Å². The zero-order valence-corrected chi connectivity index (χ0v) is 13.2. The summed E-state index contributed by atoms with van der Waals surface area (Å²) >= 11 is 0. The van der Waals surface area contributed by atoms with Gasteiger partial charge in [-0.25, -0.2) is 17.5 Å². The predicted octanol–water partition coefficient (Wildman–Crippen LogP) is 2.20. The fourth-order valence-corrected chi connectivity index (χ4v) is 4.14. The van der Waals surface area contributed by atoms with Gasteiger partial charge in [0.25, 0.3) is 0 Å². The Labute approximate surface area is 129 Å². The summed E-state index contributed by atoms with van der Waals surface area (Å²) in [6.07, 6.45) is 1.97. The highest BCUT2D eigenvalue weighted by Crippen LogP contribution is 2.25. The number of aliphatic carboxylic acids is 1. The molecule has 0 amide bonds. The molecule has 1 saturated carbocycles. The normalized spacial score (nSPS) is 22.5. The second-order valence-electron chi connectivity index (χ2n) is 5.85. The molecule has 22 heavy (non-hydrogen) atoms. The van der Waals surface area contributed by atoms with Crippen LogP contribution >= 0.6 is 0 Å². The molecular weight excluding hydrogens is 309 g/mol. The molecule has 122 valence electrons. The Balaban J connectivity index is 1.94. The van der Waals surface area contributed by atoms with E-state index in [1.807, 2.05) is 0 Å². The standard InChI is InChI=1S/C15H20FNO4S/c1-10-2-3-11(8-14(10)16)9-22(20,21)17-13-6-4-12(5-7-13)15(18)19/h2-3,8,12-13,17H,4-7,9H2,1H3,(H,18,19). The lowest BCUT2D eigenvalue weighted by molar-refractivity contribution is -0.142. The van der Waals surface area contributed by atoms with E-state index in [1.165, 1.54) is 6.07 Å². The number of carboxylic acids is 1. The van der Waals surface area contributed by atoms with E-state index in [4.69, 9.17) is 5.11 Å². The second kappa shape index (κ2) is 6.75. The van der Waals surface area contributed by atoms with Gasteiger partial charge in [0.1, 0.15) is 5.82 Å². The van der Waals surface area contributed by atoms with E-state index in [0.717, 1.165) is 0 Å². The minimum atomic E-state index is -3.57. The molecular formula is C15H20FNO4S. The molecule has 0 aliphatic heterocycles. The van der Waals surface area contributed by atoms with Crippen LogP contribution in [-0.4, -0.2) is 25.5 Å². The monoisotopic (exact) mass is 329 g/mol. The molecule has 0 radical (unpaired) electrons. The lowest BCUT2D eigenvalue weighted by Gasteiger charge is -2.26. The van der Waals surface area contributed by atoms with Crippen LogP contribution in [0.3, 0.4) is 0 Å². The summed E-state index contributed by atoms with van der Waals surface area (Å²) in [7, 11) is -3.57. The van der Waals surface area contributed by atoms with Crippen molar-refractivity contribution in [1.82, 2.24) is 4.72 Å². The lowest BCUT2D eigenvalue weighted by Crippen LogP contribution is -2.39. The fourth-order valence-electron chi connectivity index (χ4n) is 2.70. The van der Waals surface area contributed by atoms with E-state index in [-0.39, 0.29) is 17.7 Å². The van der Waals surface area contributed by atoms with Gasteiger partial charge in [0.05, 0.1) is 11.7 Å². The molecule has 0 atom stereocenters. The summed E-state index contributed by atoms with van der Waals surface area (Å²) in [5, 5.41) is 8.93. The first-order chi connectivity index (χ1) is 10.3. The Morgan fingerprint density at radius 3 is 2.50 bits per heavy atom. The molecule has 1 aliphatic carbocycles. The van der Waals surface area contributed by atoms with Gasteiger partial charge in [0, 0.05) is 6.04 Å². The molecule has 1 aliphatic rings. The summed E-state index contributed by atoms with van der Waals surface area (Å²) in [6, 6.07) is 4.14. The maximum atomic E-state index is 13.5. The largest absolute Gasteiger partial charge is 0.481 e. The Bertz CT molecular complexity index is 652. The van der Waals surface area contributed by atoms with Crippen molar-refractivity contribution < 1.29 is 22.7 Å². The summed E-state index contributed by atoms with van der Waals surface area (Å²) in [4.78, 5) is 10.9. The first-order valence-corrected chi connectivity index (χ1v) is 8.90. The van der Waals surface area contributed by atoms with Crippen LogP contribution in [0.5, 0.6) is 0 Å². The molecule has 0 spiro atoms. The van der Waals surface area contributed by atoms with Crippen molar-refractivity contribution in [2.24, 2.45) is 5.92 Å². The number of nitrogens with one attached hydrogen (secondary N) is 1. The minimum absolute atomic E-state index is 0.240. The third-order valence-electron chi connectivity index (χ3n) is 4.02. The van der Waals surface area contributed by atoms with Crippen LogP contribution in [0.25, 0.3) is 0 Å². The first kappa shape index (κ1) is 16.9. The Kier molecular flexibility index (Phi) is 5.18. The van der Waals surface area contributed by atoms with Gasteiger partial charge in [0.15, 0.2) is 0 Å². The van der Waals surface area contributed by atoms with E-state index in [0.29, 0.717) is 36.8 Å². The molecule has 0 bridgehead atoms. The quantitative estimate of drug-likeness (QED) is 0.867. The maximum Gasteiger partial charge on any atom is 0.306 e. The smallest absolute Gasteiger partial charge is 0.306 e. The topological polar surface area (TPSA) is 83.5 Å². The van der Waals surface area contributed by atoms with Gasteiger partial charge in [-0.15, -0.1) is 0 Å². The number of halogens is 1. The molecule has 2 rings (SSSR count). The highest BCUT2D eigenvalue weighted by atomic mass is 32.2. The first-order valence-electron chi connectivity index (χ1n) is 7.24. The molecule has 0 heterocycles. The Hall–Kier alpha value is -1.47. The molecule has 0 saturated heterocycles. The zero-order chi connectivity index (χ0) is 16.3. The lowest BCUT2D eigenvalue weighted by atomic mass is 9.87. The summed E-state index contributed by atoms with van der Waals surface area (Å²) in [5.41, 5.74) is 0.871. The van der Waals surface area contributed by atoms with E-state index in [9.17, 15) is 17.6 Å². The SMILES string of the molecule is Cc1ccc(CS(=O)(=O)NC2CCC(C(=O)O)CC2)cc1F. The molecule has 1 aromatic carbocycles. The predicted molar refractivity (Wildman–Crippen MR) is 80.3 cm³/mol. The van der Waals surface area contributed by atoms with Crippen molar-refractivity contribution in [2.45, 2.75) is 44.4 Å². The zero-order valence-electron chi connectivity index (χ0n) is 12.4. The van der Waals surface area contributed by atoms with Crippen LogP contribution in [0.1, 0.15) is 36.8 Å². The highest BCUT2D eigenvalue weighted by Gasteiger charge is 2.28. The number of carbonyl (C=O) groups is 1. The molecule has 5 nitrogen and oxygen atoms in total. The van der Waals surface area contributed by atoms with Crippen LogP contribution in [0.2, 0.25) is 0 Å². The van der Waals surface area contributed by atoms with Crippen LogP contribution in [0.4, 0.5) is 4.39 Å². The van der Waals surface area contributed by atoms with Crippen LogP contribution < -0.4 is 4.72 Å². The van der Waals surface area contributed by atoms with Crippen molar-refractivity contribution in [1.29, 1.82) is 0 Å². The maximum absolute atomic E-state index is 13.5. The Morgan fingerprint density at radius 1 is 1.32 bits per heavy atom. The van der Waals surface area contributed by atoms with E-state index >= 15 is 0 Å². The average Bonchev–Trinajstić information content (AvgIpc) is 2.42. The van der Waals surface area contributed by atoms with Crippen molar-refractivity contribution in [3.05, 3.63) is 35.1 Å². The van der Waals surface area contributed by atoms with E-state index in [2.05, 4.69) is 4.72 Å².